The molecule has 0 aliphatic heterocycles. The monoisotopic (exact) mass is 355 g/mol. The van der Waals surface area contributed by atoms with Crippen LogP contribution in [0.2, 0.25) is 0 Å². The van der Waals surface area contributed by atoms with Crippen molar-refractivity contribution in [2.75, 3.05) is 31.7 Å². The summed E-state index contributed by atoms with van der Waals surface area (Å²) in [6, 6.07) is 14.8. The van der Waals surface area contributed by atoms with E-state index < -0.39 is 0 Å². The van der Waals surface area contributed by atoms with Crippen LogP contribution in [0.5, 0.6) is 11.5 Å². The predicted octanol–water partition coefficient (Wildman–Crippen LogP) is 4.15. The third-order valence-corrected chi connectivity index (χ3v) is 3.44. The fraction of sp³-hybridized carbons (Fsp3) is 0.286. The highest BCUT2D eigenvalue weighted by atomic mass is 16.5. The van der Waals surface area contributed by atoms with Crippen LogP contribution in [-0.4, -0.2) is 32.3 Å². The fourth-order valence-electron chi connectivity index (χ4n) is 2.19. The van der Waals surface area contributed by atoms with E-state index in [1.54, 1.807) is 18.2 Å². The lowest BCUT2D eigenvalue weighted by Crippen LogP contribution is -2.08. The van der Waals surface area contributed by atoms with Crippen LogP contribution in [0.15, 0.2) is 54.6 Å². The Hall–Kier alpha value is -2.79. The third-order valence-electron chi connectivity index (χ3n) is 3.44. The van der Waals surface area contributed by atoms with Crippen LogP contribution < -0.4 is 14.8 Å². The van der Waals surface area contributed by atoms with E-state index in [1.165, 1.54) is 6.08 Å². The van der Waals surface area contributed by atoms with Crippen molar-refractivity contribution >= 4 is 17.7 Å². The fourth-order valence-corrected chi connectivity index (χ4v) is 2.19. The summed E-state index contributed by atoms with van der Waals surface area (Å²) in [5.74, 6) is 1.37. The Balaban J connectivity index is 1.81. The SMILES string of the molecule is CCOCCOc1ccc(NC(=O)/C=C/c2ccc(OCC)cc2)cc1. The molecule has 1 N–H and O–H groups in total. The first kappa shape index (κ1) is 19.5. The highest BCUT2D eigenvalue weighted by Crippen LogP contribution is 2.16. The molecule has 2 aromatic carbocycles. The largest absolute Gasteiger partial charge is 0.494 e. The minimum absolute atomic E-state index is 0.191. The summed E-state index contributed by atoms with van der Waals surface area (Å²) in [5.41, 5.74) is 1.64. The summed E-state index contributed by atoms with van der Waals surface area (Å²) in [5, 5.41) is 2.82. The van der Waals surface area contributed by atoms with Crippen molar-refractivity contribution in [2.45, 2.75) is 13.8 Å². The molecule has 0 bridgehead atoms. The summed E-state index contributed by atoms with van der Waals surface area (Å²) in [7, 11) is 0. The number of carbonyl (C=O) groups excluding carboxylic acids is 1. The van der Waals surface area contributed by atoms with E-state index in [0.717, 1.165) is 17.1 Å². The number of hydrogen-bond acceptors (Lipinski definition) is 4. The second-order valence-corrected chi connectivity index (χ2v) is 5.39. The summed E-state index contributed by atoms with van der Waals surface area (Å²) in [6.07, 6.45) is 3.26. The van der Waals surface area contributed by atoms with Gasteiger partial charge in [-0.25, -0.2) is 0 Å². The van der Waals surface area contributed by atoms with E-state index in [4.69, 9.17) is 14.2 Å². The lowest BCUT2D eigenvalue weighted by atomic mass is 10.2. The Morgan fingerprint density at radius 3 is 2.19 bits per heavy atom. The zero-order chi connectivity index (χ0) is 18.6. The van der Waals surface area contributed by atoms with Gasteiger partial charge in [0, 0.05) is 18.4 Å². The third kappa shape index (κ3) is 6.99. The van der Waals surface area contributed by atoms with Gasteiger partial charge in [-0.15, -0.1) is 0 Å². The van der Waals surface area contributed by atoms with Crippen molar-refractivity contribution in [3.8, 4) is 11.5 Å². The summed E-state index contributed by atoms with van der Waals surface area (Å²) in [6.45, 7) is 6.27. The van der Waals surface area contributed by atoms with Crippen LogP contribution in [0.3, 0.4) is 0 Å². The second kappa shape index (κ2) is 10.9. The van der Waals surface area contributed by atoms with Gasteiger partial charge in [0.05, 0.1) is 13.2 Å². The molecule has 0 aliphatic rings. The number of nitrogens with one attached hydrogen (secondary N) is 1. The Labute approximate surface area is 154 Å². The molecule has 5 nitrogen and oxygen atoms in total. The first-order valence-corrected chi connectivity index (χ1v) is 8.73. The van der Waals surface area contributed by atoms with Gasteiger partial charge in [0.25, 0.3) is 0 Å². The van der Waals surface area contributed by atoms with Gasteiger partial charge >= 0.3 is 0 Å². The van der Waals surface area contributed by atoms with Crippen molar-refractivity contribution in [2.24, 2.45) is 0 Å². The van der Waals surface area contributed by atoms with Crippen LogP contribution in [0.4, 0.5) is 5.69 Å². The van der Waals surface area contributed by atoms with E-state index in [0.29, 0.717) is 32.1 Å². The van der Waals surface area contributed by atoms with Crippen LogP contribution >= 0.6 is 0 Å². The first-order valence-electron chi connectivity index (χ1n) is 8.73. The maximum absolute atomic E-state index is 12.0. The Bertz CT molecular complexity index is 693. The molecule has 0 aromatic heterocycles. The summed E-state index contributed by atoms with van der Waals surface area (Å²) >= 11 is 0. The van der Waals surface area contributed by atoms with Crippen molar-refractivity contribution in [1.29, 1.82) is 0 Å². The van der Waals surface area contributed by atoms with E-state index in [1.807, 2.05) is 50.2 Å². The molecule has 0 saturated carbocycles. The van der Waals surface area contributed by atoms with Crippen LogP contribution in [0, 0.1) is 0 Å². The standard InChI is InChI=1S/C21H25NO4/c1-3-24-15-16-26-20-12-8-18(9-13-20)22-21(23)14-7-17-5-10-19(11-6-17)25-4-2/h5-14H,3-4,15-16H2,1-2H3,(H,22,23)/b14-7+. The molecule has 0 radical (unpaired) electrons. The maximum atomic E-state index is 12.0. The molecule has 2 rings (SSSR count). The molecule has 0 atom stereocenters. The van der Waals surface area contributed by atoms with E-state index in [9.17, 15) is 4.79 Å². The minimum Gasteiger partial charge on any atom is -0.494 e. The van der Waals surface area contributed by atoms with Crippen molar-refractivity contribution < 1.29 is 19.0 Å². The van der Waals surface area contributed by atoms with Gasteiger partial charge in [-0.1, -0.05) is 12.1 Å². The molecule has 0 fully saturated rings. The van der Waals surface area contributed by atoms with E-state index >= 15 is 0 Å². The number of ether oxygens (including phenoxy) is 3. The number of benzene rings is 2. The number of carbonyl (C=O) groups is 1. The van der Waals surface area contributed by atoms with Crippen molar-refractivity contribution in [3.63, 3.8) is 0 Å². The normalized spacial score (nSPS) is 10.7. The molecule has 0 aliphatic carbocycles. The van der Waals surface area contributed by atoms with Crippen LogP contribution in [0.1, 0.15) is 19.4 Å². The molecule has 5 heteroatoms. The lowest BCUT2D eigenvalue weighted by molar-refractivity contribution is -0.111. The predicted molar refractivity (Wildman–Crippen MR) is 104 cm³/mol. The van der Waals surface area contributed by atoms with Gasteiger partial charge < -0.3 is 19.5 Å². The average molecular weight is 355 g/mol. The molecule has 0 saturated heterocycles. The highest BCUT2D eigenvalue weighted by molar-refractivity contribution is 6.01. The maximum Gasteiger partial charge on any atom is 0.248 e. The van der Waals surface area contributed by atoms with Gasteiger partial charge in [-0.2, -0.15) is 0 Å². The Morgan fingerprint density at radius 2 is 1.54 bits per heavy atom. The molecule has 1 amide bonds. The molecule has 0 unspecified atom stereocenters. The molecule has 26 heavy (non-hydrogen) atoms. The molecule has 0 heterocycles. The minimum atomic E-state index is -0.191. The topological polar surface area (TPSA) is 56.8 Å². The Kier molecular flexibility index (Phi) is 8.23. The number of anilines is 1. The zero-order valence-corrected chi connectivity index (χ0v) is 15.2. The van der Waals surface area contributed by atoms with E-state index in [2.05, 4.69) is 5.32 Å². The van der Waals surface area contributed by atoms with Gasteiger partial charge in [0.15, 0.2) is 0 Å². The average Bonchev–Trinajstić information content (AvgIpc) is 2.66. The highest BCUT2D eigenvalue weighted by Gasteiger charge is 2.00. The van der Waals surface area contributed by atoms with Crippen molar-refractivity contribution in [3.05, 3.63) is 60.2 Å². The molecule has 0 spiro atoms. The quantitative estimate of drug-likeness (QED) is 0.514. The number of hydrogen-bond donors (Lipinski definition) is 1. The van der Waals surface area contributed by atoms with Crippen LogP contribution in [-0.2, 0) is 9.53 Å². The molecule has 138 valence electrons. The van der Waals surface area contributed by atoms with Gasteiger partial charge in [0.2, 0.25) is 5.91 Å². The van der Waals surface area contributed by atoms with Crippen LogP contribution in [0.25, 0.3) is 6.08 Å². The second-order valence-electron chi connectivity index (χ2n) is 5.39. The molecular weight excluding hydrogens is 330 g/mol. The summed E-state index contributed by atoms with van der Waals surface area (Å²) in [4.78, 5) is 12.0. The zero-order valence-electron chi connectivity index (χ0n) is 15.2. The summed E-state index contributed by atoms with van der Waals surface area (Å²) < 4.78 is 16.1. The number of rotatable bonds is 10. The smallest absolute Gasteiger partial charge is 0.248 e. The van der Waals surface area contributed by atoms with Gasteiger partial charge in [-0.3, -0.25) is 4.79 Å². The van der Waals surface area contributed by atoms with Gasteiger partial charge in [-0.05, 0) is 61.9 Å². The van der Waals surface area contributed by atoms with Gasteiger partial charge in [0.1, 0.15) is 18.1 Å². The first-order chi connectivity index (χ1) is 12.7. The molecule has 2 aromatic rings. The Morgan fingerprint density at radius 1 is 0.885 bits per heavy atom. The lowest BCUT2D eigenvalue weighted by Gasteiger charge is -2.07. The van der Waals surface area contributed by atoms with E-state index in [-0.39, 0.29) is 5.91 Å². The van der Waals surface area contributed by atoms with Crippen molar-refractivity contribution in [1.82, 2.24) is 0 Å². The molecular formula is C21H25NO4. The number of amides is 1.